The number of rotatable bonds is 6. The molecule has 1 aliphatic heterocycles. The number of carbonyl (C=O) groups is 2. The molecule has 3 rings (SSSR count). The zero-order valence-electron chi connectivity index (χ0n) is 14.6. The van der Waals surface area contributed by atoms with Crippen molar-refractivity contribution in [2.24, 2.45) is 0 Å². The van der Waals surface area contributed by atoms with Crippen LogP contribution in [-0.4, -0.2) is 46.5 Å². The fourth-order valence-electron chi connectivity index (χ4n) is 2.98. The molecule has 1 aromatic heterocycles. The van der Waals surface area contributed by atoms with Crippen molar-refractivity contribution in [3.63, 3.8) is 0 Å². The average Bonchev–Trinajstić information content (AvgIpc) is 3.07. The molecule has 26 heavy (non-hydrogen) atoms. The van der Waals surface area contributed by atoms with Gasteiger partial charge in [-0.3, -0.25) is 14.7 Å². The molecule has 0 fully saturated rings. The van der Waals surface area contributed by atoms with Crippen molar-refractivity contribution in [1.82, 2.24) is 20.4 Å². The maximum Gasteiger partial charge on any atom is 0.275 e. The van der Waals surface area contributed by atoms with Crippen LogP contribution in [0.4, 0.5) is 5.69 Å². The van der Waals surface area contributed by atoms with E-state index in [1.807, 2.05) is 6.92 Å². The van der Waals surface area contributed by atoms with Crippen LogP contribution in [0.15, 0.2) is 24.3 Å². The van der Waals surface area contributed by atoms with Crippen molar-refractivity contribution in [2.75, 3.05) is 25.0 Å². The fourth-order valence-corrected chi connectivity index (χ4v) is 3.11. The highest BCUT2D eigenvalue weighted by molar-refractivity contribution is 6.30. The monoisotopic (exact) mass is 375 g/mol. The van der Waals surface area contributed by atoms with Crippen molar-refractivity contribution >= 4 is 29.1 Å². The standard InChI is InChI=1S/C18H22ClN5O2/c1-2-9-24(11-16(25)21-13-5-3-12(19)4-6-13)18(26)17-14-10-20-8-7-15(14)22-23-17/h3-6,20H,2,7-11H2,1H3,(H,21,25)(H,22,23). The van der Waals surface area contributed by atoms with Crippen LogP contribution < -0.4 is 10.6 Å². The number of aromatic nitrogens is 2. The molecule has 0 saturated carbocycles. The molecule has 138 valence electrons. The van der Waals surface area contributed by atoms with Gasteiger partial charge in [-0.2, -0.15) is 5.10 Å². The molecule has 2 aromatic rings. The lowest BCUT2D eigenvalue weighted by Gasteiger charge is -2.22. The van der Waals surface area contributed by atoms with Gasteiger partial charge < -0.3 is 15.5 Å². The lowest BCUT2D eigenvalue weighted by Crippen LogP contribution is -2.39. The molecule has 1 aliphatic rings. The van der Waals surface area contributed by atoms with E-state index in [-0.39, 0.29) is 18.4 Å². The normalized spacial score (nSPS) is 13.2. The number of nitrogens with zero attached hydrogens (tertiary/aromatic N) is 2. The summed E-state index contributed by atoms with van der Waals surface area (Å²) in [7, 11) is 0. The van der Waals surface area contributed by atoms with Crippen LogP contribution in [0.2, 0.25) is 5.02 Å². The molecule has 0 spiro atoms. The zero-order valence-corrected chi connectivity index (χ0v) is 15.4. The van der Waals surface area contributed by atoms with Gasteiger partial charge in [-0.25, -0.2) is 0 Å². The maximum absolute atomic E-state index is 12.9. The van der Waals surface area contributed by atoms with Gasteiger partial charge in [-0.1, -0.05) is 18.5 Å². The molecule has 0 saturated heterocycles. The van der Waals surface area contributed by atoms with Gasteiger partial charge in [0.2, 0.25) is 5.91 Å². The summed E-state index contributed by atoms with van der Waals surface area (Å²) in [5, 5.41) is 13.8. The molecule has 0 unspecified atom stereocenters. The van der Waals surface area contributed by atoms with Crippen LogP contribution >= 0.6 is 11.6 Å². The molecular weight excluding hydrogens is 354 g/mol. The third kappa shape index (κ3) is 4.23. The van der Waals surface area contributed by atoms with Gasteiger partial charge in [0.05, 0.1) is 0 Å². The van der Waals surface area contributed by atoms with Crippen molar-refractivity contribution in [3.8, 4) is 0 Å². The van der Waals surface area contributed by atoms with Crippen LogP contribution in [0.5, 0.6) is 0 Å². The summed E-state index contributed by atoms with van der Waals surface area (Å²) in [6, 6.07) is 6.86. The molecule has 1 aromatic carbocycles. The number of halogens is 1. The summed E-state index contributed by atoms with van der Waals surface area (Å²) in [5.74, 6) is -0.476. The Balaban J connectivity index is 1.70. The number of H-pyrrole nitrogens is 1. The molecule has 0 radical (unpaired) electrons. The Kier molecular flexibility index (Phi) is 5.90. The van der Waals surface area contributed by atoms with Crippen molar-refractivity contribution in [1.29, 1.82) is 0 Å². The number of anilines is 1. The van der Waals surface area contributed by atoms with Crippen molar-refractivity contribution in [3.05, 3.63) is 46.2 Å². The molecule has 0 aliphatic carbocycles. The molecule has 0 bridgehead atoms. The number of amides is 2. The molecule has 2 heterocycles. The molecule has 3 N–H and O–H groups in total. The van der Waals surface area contributed by atoms with E-state index in [1.54, 1.807) is 24.3 Å². The first-order chi connectivity index (χ1) is 12.6. The van der Waals surface area contributed by atoms with Crippen LogP contribution in [0, 0.1) is 0 Å². The highest BCUT2D eigenvalue weighted by atomic mass is 35.5. The van der Waals surface area contributed by atoms with E-state index in [9.17, 15) is 9.59 Å². The molecule has 0 atom stereocenters. The minimum atomic E-state index is -0.253. The summed E-state index contributed by atoms with van der Waals surface area (Å²) >= 11 is 5.85. The number of benzene rings is 1. The Morgan fingerprint density at radius 1 is 1.31 bits per heavy atom. The number of nitrogens with one attached hydrogen (secondary N) is 3. The van der Waals surface area contributed by atoms with Gasteiger partial charge in [0.1, 0.15) is 6.54 Å². The van der Waals surface area contributed by atoms with E-state index in [2.05, 4.69) is 20.8 Å². The summed E-state index contributed by atoms with van der Waals surface area (Å²) in [5.41, 5.74) is 2.94. The highest BCUT2D eigenvalue weighted by Crippen LogP contribution is 2.18. The van der Waals surface area contributed by atoms with Gasteiger partial charge in [0, 0.05) is 48.0 Å². The molecule has 7 nitrogen and oxygen atoms in total. The third-order valence-electron chi connectivity index (χ3n) is 4.25. The maximum atomic E-state index is 12.9. The van der Waals surface area contributed by atoms with Gasteiger partial charge in [0.25, 0.3) is 5.91 Å². The number of hydrogen-bond acceptors (Lipinski definition) is 4. The Bertz CT molecular complexity index is 787. The predicted octanol–water partition coefficient (Wildman–Crippen LogP) is 2.20. The first-order valence-corrected chi connectivity index (χ1v) is 9.07. The Labute approximate surface area is 157 Å². The smallest absolute Gasteiger partial charge is 0.275 e. The number of carbonyl (C=O) groups excluding carboxylic acids is 2. The quantitative estimate of drug-likeness (QED) is 0.722. The lowest BCUT2D eigenvalue weighted by molar-refractivity contribution is -0.116. The van der Waals surface area contributed by atoms with Crippen LogP contribution in [0.1, 0.15) is 35.1 Å². The van der Waals surface area contributed by atoms with Crippen molar-refractivity contribution in [2.45, 2.75) is 26.3 Å². The first kappa shape index (κ1) is 18.4. The second-order valence-corrected chi connectivity index (χ2v) is 6.67. The second kappa shape index (κ2) is 8.33. The largest absolute Gasteiger partial charge is 0.328 e. The van der Waals surface area contributed by atoms with E-state index in [1.165, 1.54) is 4.90 Å². The van der Waals surface area contributed by atoms with Crippen LogP contribution in [0.25, 0.3) is 0 Å². The van der Waals surface area contributed by atoms with Gasteiger partial charge >= 0.3 is 0 Å². The predicted molar refractivity (Wildman–Crippen MR) is 100 cm³/mol. The summed E-state index contributed by atoms with van der Waals surface area (Å²) in [6.07, 6.45) is 1.57. The topological polar surface area (TPSA) is 90.1 Å². The Morgan fingerprint density at radius 3 is 2.81 bits per heavy atom. The van der Waals surface area contributed by atoms with Gasteiger partial charge in [0.15, 0.2) is 5.69 Å². The van der Waals surface area contributed by atoms with E-state index in [4.69, 9.17) is 11.6 Å². The molecular formula is C18H22ClN5O2. The lowest BCUT2D eigenvalue weighted by atomic mass is 10.1. The van der Waals surface area contributed by atoms with Crippen molar-refractivity contribution < 1.29 is 9.59 Å². The SMILES string of the molecule is CCCN(CC(=O)Nc1ccc(Cl)cc1)C(=O)c1n[nH]c2c1CNCC2. The minimum absolute atomic E-state index is 0.0235. The van der Waals surface area contributed by atoms with E-state index >= 15 is 0 Å². The van der Waals surface area contributed by atoms with Gasteiger partial charge in [-0.15, -0.1) is 0 Å². The number of fused-ring (bicyclic) bond motifs is 1. The Hall–Kier alpha value is -2.38. The van der Waals surface area contributed by atoms with Crippen LogP contribution in [-0.2, 0) is 17.8 Å². The fraction of sp³-hybridized carbons (Fsp3) is 0.389. The summed E-state index contributed by atoms with van der Waals surface area (Å²) in [6.45, 7) is 3.92. The van der Waals surface area contributed by atoms with E-state index in [0.29, 0.717) is 29.5 Å². The van der Waals surface area contributed by atoms with Gasteiger partial charge in [-0.05, 0) is 30.7 Å². The third-order valence-corrected chi connectivity index (χ3v) is 4.50. The summed E-state index contributed by atoms with van der Waals surface area (Å²) < 4.78 is 0. The number of hydrogen-bond donors (Lipinski definition) is 3. The Morgan fingerprint density at radius 2 is 2.08 bits per heavy atom. The molecule has 8 heteroatoms. The van der Waals surface area contributed by atoms with E-state index in [0.717, 1.165) is 30.6 Å². The average molecular weight is 376 g/mol. The minimum Gasteiger partial charge on any atom is -0.328 e. The van der Waals surface area contributed by atoms with Crippen LogP contribution in [0.3, 0.4) is 0 Å². The highest BCUT2D eigenvalue weighted by Gasteiger charge is 2.26. The number of aromatic amines is 1. The first-order valence-electron chi connectivity index (χ1n) is 8.70. The zero-order chi connectivity index (χ0) is 18.5. The van der Waals surface area contributed by atoms with E-state index < -0.39 is 0 Å². The second-order valence-electron chi connectivity index (χ2n) is 6.24. The summed E-state index contributed by atoms with van der Waals surface area (Å²) in [4.78, 5) is 26.8. The molecule has 2 amide bonds.